The average molecular weight is 353 g/mol. The molecule has 1 saturated heterocycles. The van der Waals surface area contributed by atoms with Gasteiger partial charge in [0, 0.05) is 31.1 Å². The predicted octanol–water partition coefficient (Wildman–Crippen LogP) is 3.10. The van der Waals surface area contributed by atoms with Gasteiger partial charge in [-0.1, -0.05) is 30.3 Å². The Balaban J connectivity index is 1.84. The highest BCUT2D eigenvalue weighted by Gasteiger charge is 2.25. The fourth-order valence-electron chi connectivity index (χ4n) is 3.03. The molecule has 26 heavy (non-hydrogen) atoms. The quantitative estimate of drug-likeness (QED) is 0.891. The lowest BCUT2D eigenvalue weighted by Gasteiger charge is -2.27. The fourth-order valence-corrected chi connectivity index (χ4v) is 3.03. The molecule has 1 aliphatic rings. The fraction of sp³-hybridized carbons (Fsp3) is 0.300. The number of para-hydroxylation sites is 1. The summed E-state index contributed by atoms with van der Waals surface area (Å²) in [5.74, 6) is 0.735. The van der Waals surface area contributed by atoms with Crippen LogP contribution in [0.15, 0.2) is 48.5 Å². The number of carbonyl (C=O) groups excluding carboxylic acids is 2. The first-order valence-electron chi connectivity index (χ1n) is 8.66. The van der Waals surface area contributed by atoms with E-state index in [0.717, 1.165) is 22.6 Å². The van der Waals surface area contributed by atoms with E-state index in [9.17, 15) is 9.59 Å². The SMILES string of the molecule is COc1cccc(-c2ccccc2NC(=O)N2CCC(=O)NC[C@H]2C)c1. The lowest BCUT2D eigenvalue weighted by molar-refractivity contribution is -0.120. The number of rotatable bonds is 3. The summed E-state index contributed by atoms with van der Waals surface area (Å²) in [6.07, 6.45) is 0.315. The first-order chi connectivity index (χ1) is 12.6. The van der Waals surface area contributed by atoms with E-state index in [1.807, 2.05) is 55.5 Å². The van der Waals surface area contributed by atoms with E-state index in [2.05, 4.69) is 10.6 Å². The number of amides is 3. The molecule has 0 bridgehead atoms. The number of anilines is 1. The van der Waals surface area contributed by atoms with Crippen LogP contribution < -0.4 is 15.4 Å². The highest BCUT2D eigenvalue weighted by molar-refractivity contribution is 5.95. The third-order valence-electron chi connectivity index (χ3n) is 4.52. The number of nitrogens with one attached hydrogen (secondary N) is 2. The van der Waals surface area contributed by atoms with Crippen LogP contribution in [0.3, 0.4) is 0 Å². The van der Waals surface area contributed by atoms with Gasteiger partial charge in [0.2, 0.25) is 5.91 Å². The van der Waals surface area contributed by atoms with E-state index in [4.69, 9.17) is 4.74 Å². The van der Waals surface area contributed by atoms with Crippen molar-refractivity contribution in [2.24, 2.45) is 0 Å². The van der Waals surface area contributed by atoms with Gasteiger partial charge in [-0.15, -0.1) is 0 Å². The lowest BCUT2D eigenvalue weighted by atomic mass is 10.0. The molecule has 0 saturated carbocycles. The van der Waals surface area contributed by atoms with Gasteiger partial charge >= 0.3 is 6.03 Å². The topological polar surface area (TPSA) is 70.7 Å². The van der Waals surface area contributed by atoms with Crippen LogP contribution in [-0.4, -0.2) is 43.1 Å². The van der Waals surface area contributed by atoms with Crippen molar-refractivity contribution in [3.63, 3.8) is 0 Å². The van der Waals surface area contributed by atoms with Gasteiger partial charge in [0.1, 0.15) is 5.75 Å². The Labute approximate surface area is 153 Å². The van der Waals surface area contributed by atoms with Crippen molar-refractivity contribution < 1.29 is 14.3 Å². The molecule has 3 amide bonds. The monoisotopic (exact) mass is 353 g/mol. The maximum absolute atomic E-state index is 12.8. The highest BCUT2D eigenvalue weighted by Crippen LogP contribution is 2.30. The van der Waals surface area contributed by atoms with E-state index < -0.39 is 0 Å². The van der Waals surface area contributed by atoms with Crippen molar-refractivity contribution in [3.05, 3.63) is 48.5 Å². The number of hydrogen-bond acceptors (Lipinski definition) is 3. The summed E-state index contributed by atoms with van der Waals surface area (Å²) in [4.78, 5) is 26.1. The van der Waals surface area contributed by atoms with E-state index in [0.29, 0.717) is 19.5 Å². The van der Waals surface area contributed by atoms with Crippen LogP contribution in [-0.2, 0) is 4.79 Å². The number of urea groups is 1. The van der Waals surface area contributed by atoms with Crippen molar-refractivity contribution in [1.82, 2.24) is 10.2 Å². The average Bonchev–Trinajstić information content (AvgIpc) is 2.83. The molecule has 0 aromatic heterocycles. The molecule has 2 aromatic carbocycles. The van der Waals surface area contributed by atoms with E-state index in [1.165, 1.54) is 0 Å². The summed E-state index contributed by atoms with van der Waals surface area (Å²) in [5, 5.41) is 5.81. The standard InChI is InChI=1S/C20H23N3O3/c1-14-13-21-19(24)10-11-23(14)20(25)22-18-9-4-3-8-17(18)15-6-5-7-16(12-15)26-2/h3-9,12,14H,10-11,13H2,1-2H3,(H,21,24)(H,22,25)/t14-/m1/s1. The molecule has 0 radical (unpaired) electrons. The third-order valence-corrected chi connectivity index (χ3v) is 4.52. The number of carbonyl (C=O) groups is 2. The Bertz CT molecular complexity index is 806. The number of hydrogen-bond donors (Lipinski definition) is 2. The van der Waals surface area contributed by atoms with Crippen molar-refractivity contribution in [3.8, 4) is 16.9 Å². The van der Waals surface area contributed by atoms with Crippen LogP contribution in [0.4, 0.5) is 10.5 Å². The van der Waals surface area contributed by atoms with Crippen molar-refractivity contribution in [2.45, 2.75) is 19.4 Å². The molecule has 136 valence electrons. The van der Waals surface area contributed by atoms with Gasteiger partial charge in [-0.25, -0.2) is 4.79 Å². The second-order valence-electron chi connectivity index (χ2n) is 6.30. The summed E-state index contributed by atoms with van der Waals surface area (Å²) >= 11 is 0. The maximum Gasteiger partial charge on any atom is 0.322 e. The van der Waals surface area contributed by atoms with E-state index in [1.54, 1.807) is 12.0 Å². The summed E-state index contributed by atoms with van der Waals surface area (Å²) in [6, 6.07) is 15.1. The number of ether oxygens (including phenoxy) is 1. The third kappa shape index (κ3) is 3.96. The van der Waals surface area contributed by atoms with Gasteiger partial charge in [0.25, 0.3) is 0 Å². The molecule has 1 heterocycles. The minimum atomic E-state index is -0.204. The van der Waals surface area contributed by atoms with Crippen LogP contribution in [0.5, 0.6) is 5.75 Å². The first-order valence-corrected chi connectivity index (χ1v) is 8.66. The van der Waals surface area contributed by atoms with E-state index in [-0.39, 0.29) is 18.0 Å². The number of nitrogens with zero attached hydrogens (tertiary/aromatic N) is 1. The largest absolute Gasteiger partial charge is 0.497 e. The van der Waals surface area contributed by atoms with Crippen molar-refractivity contribution >= 4 is 17.6 Å². The minimum Gasteiger partial charge on any atom is -0.497 e. The molecule has 0 spiro atoms. The number of methoxy groups -OCH3 is 1. The number of benzene rings is 2. The summed E-state index contributed by atoms with van der Waals surface area (Å²) in [5.41, 5.74) is 2.60. The van der Waals surface area contributed by atoms with Gasteiger partial charge in [-0.2, -0.15) is 0 Å². The molecule has 0 unspecified atom stereocenters. The van der Waals surface area contributed by atoms with Gasteiger partial charge in [0.05, 0.1) is 12.8 Å². The Kier molecular flexibility index (Phi) is 5.41. The zero-order chi connectivity index (χ0) is 18.5. The zero-order valence-electron chi connectivity index (χ0n) is 15.0. The molecule has 2 aromatic rings. The molecule has 0 aliphatic carbocycles. The van der Waals surface area contributed by atoms with Crippen molar-refractivity contribution in [2.75, 3.05) is 25.5 Å². The van der Waals surface area contributed by atoms with Crippen LogP contribution in [0, 0.1) is 0 Å². The Morgan fingerprint density at radius 1 is 1.23 bits per heavy atom. The second kappa shape index (κ2) is 7.91. The molecule has 3 rings (SSSR count). The van der Waals surface area contributed by atoms with Crippen LogP contribution in [0.1, 0.15) is 13.3 Å². The van der Waals surface area contributed by atoms with Crippen LogP contribution >= 0.6 is 0 Å². The molecule has 1 atom stereocenters. The lowest BCUT2D eigenvalue weighted by Crippen LogP contribution is -2.44. The molecule has 1 aliphatic heterocycles. The highest BCUT2D eigenvalue weighted by atomic mass is 16.5. The van der Waals surface area contributed by atoms with Crippen molar-refractivity contribution in [1.29, 1.82) is 0 Å². The van der Waals surface area contributed by atoms with Gasteiger partial charge in [-0.05, 0) is 30.7 Å². The second-order valence-corrected chi connectivity index (χ2v) is 6.30. The summed E-state index contributed by atoms with van der Waals surface area (Å²) in [7, 11) is 1.63. The summed E-state index contributed by atoms with van der Waals surface area (Å²) < 4.78 is 5.30. The zero-order valence-corrected chi connectivity index (χ0v) is 15.0. The van der Waals surface area contributed by atoms with E-state index >= 15 is 0 Å². The Morgan fingerprint density at radius 2 is 2.04 bits per heavy atom. The molecule has 6 heteroatoms. The minimum absolute atomic E-state index is 0.0241. The van der Waals surface area contributed by atoms with Crippen LogP contribution in [0.25, 0.3) is 11.1 Å². The normalized spacial score (nSPS) is 17.2. The Morgan fingerprint density at radius 3 is 2.85 bits per heavy atom. The molecule has 6 nitrogen and oxygen atoms in total. The molecule has 1 fully saturated rings. The first kappa shape index (κ1) is 17.8. The Hall–Kier alpha value is -3.02. The van der Waals surface area contributed by atoms with Gasteiger partial charge < -0.3 is 20.3 Å². The van der Waals surface area contributed by atoms with Crippen LogP contribution in [0.2, 0.25) is 0 Å². The predicted molar refractivity (Wildman–Crippen MR) is 101 cm³/mol. The van der Waals surface area contributed by atoms with Gasteiger partial charge in [0.15, 0.2) is 0 Å². The molecular weight excluding hydrogens is 330 g/mol. The molecule has 2 N–H and O–H groups in total. The summed E-state index contributed by atoms with van der Waals surface area (Å²) in [6.45, 7) is 2.79. The van der Waals surface area contributed by atoms with Gasteiger partial charge in [-0.3, -0.25) is 4.79 Å². The maximum atomic E-state index is 12.8. The molecular formula is C20H23N3O3. The smallest absolute Gasteiger partial charge is 0.322 e.